The Balaban J connectivity index is 2.37. The fraction of sp³-hybridized carbons (Fsp3) is 0.571. The summed E-state index contributed by atoms with van der Waals surface area (Å²) in [6.45, 7) is 0.960. The standard InChI is InChI=1S/C7H10BrN3/c8-6-4-10-11-2-1-5(9)3-7(6)11/h4-5H,1-3,9H2. The van der Waals surface area contributed by atoms with Crippen LogP contribution in [0.4, 0.5) is 0 Å². The fourth-order valence-corrected chi connectivity index (χ4v) is 1.88. The van der Waals surface area contributed by atoms with Gasteiger partial charge in [-0.15, -0.1) is 0 Å². The van der Waals surface area contributed by atoms with Crippen molar-refractivity contribution in [3.63, 3.8) is 0 Å². The zero-order valence-corrected chi connectivity index (χ0v) is 7.71. The van der Waals surface area contributed by atoms with E-state index in [0.717, 1.165) is 23.9 Å². The Bertz CT molecular complexity index is 269. The van der Waals surface area contributed by atoms with Gasteiger partial charge in [-0.2, -0.15) is 5.10 Å². The second-order valence-corrected chi connectivity index (χ2v) is 3.77. The summed E-state index contributed by atoms with van der Waals surface area (Å²) in [7, 11) is 0. The van der Waals surface area contributed by atoms with Gasteiger partial charge >= 0.3 is 0 Å². The number of aromatic nitrogens is 2. The van der Waals surface area contributed by atoms with Gasteiger partial charge in [0.25, 0.3) is 0 Å². The van der Waals surface area contributed by atoms with Crippen molar-refractivity contribution in [2.24, 2.45) is 5.73 Å². The van der Waals surface area contributed by atoms with Gasteiger partial charge in [-0.1, -0.05) is 0 Å². The number of rotatable bonds is 0. The molecule has 1 aromatic rings. The van der Waals surface area contributed by atoms with Crippen molar-refractivity contribution in [3.8, 4) is 0 Å². The Morgan fingerprint density at radius 3 is 3.36 bits per heavy atom. The summed E-state index contributed by atoms with van der Waals surface area (Å²) >= 11 is 3.44. The molecule has 2 N–H and O–H groups in total. The Morgan fingerprint density at radius 1 is 1.73 bits per heavy atom. The highest BCUT2D eigenvalue weighted by Gasteiger charge is 2.17. The fourth-order valence-electron chi connectivity index (χ4n) is 1.42. The van der Waals surface area contributed by atoms with Crippen LogP contribution in [-0.4, -0.2) is 15.8 Å². The molecule has 1 unspecified atom stereocenters. The van der Waals surface area contributed by atoms with Gasteiger partial charge in [0.05, 0.1) is 16.4 Å². The molecule has 0 spiro atoms. The maximum Gasteiger partial charge on any atom is 0.0635 e. The van der Waals surface area contributed by atoms with Crippen LogP contribution in [0.3, 0.4) is 0 Å². The maximum absolute atomic E-state index is 5.82. The summed E-state index contributed by atoms with van der Waals surface area (Å²) in [4.78, 5) is 0. The van der Waals surface area contributed by atoms with E-state index in [1.54, 1.807) is 0 Å². The van der Waals surface area contributed by atoms with Gasteiger partial charge in [-0.3, -0.25) is 4.68 Å². The molecule has 0 bridgehead atoms. The first-order valence-corrected chi connectivity index (χ1v) is 4.52. The first-order valence-electron chi connectivity index (χ1n) is 3.73. The Labute approximate surface area is 73.7 Å². The van der Waals surface area contributed by atoms with E-state index in [2.05, 4.69) is 21.0 Å². The first kappa shape index (κ1) is 7.31. The van der Waals surface area contributed by atoms with Gasteiger partial charge in [0.15, 0.2) is 0 Å². The number of aryl methyl sites for hydroxylation is 1. The van der Waals surface area contributed by atoms with Gasteiger partial charge in [0.2, 0.25) is 0 Å². The molecule has 0 fully saturated rings. The molecule has 1 aliphatic rings. The number of nitrogens with zero attached hydrogens (tertiary/aromatic N) is 2. The largest absolute Gasteiger partial charge is 0.327 e. The highest BCUT2D eigenvalue weighted by molar-refractivity contribution is 9.10. The molecular weight excluding hydrogens is 206 g/mol. The number of hydrogen-bond donors (Lipinski definition) is 1. The third kappa shape index (κ3) is 1.20. The molecule has 1 aliphatic heterocycles. The zero-order valence-electron chi connectivity index (χ0n) is 6.13. The number of hydrogen-bond acceptors (Lipinski definition) is 2. The average Bonchev–Trinajstić information content (AvgIpc) is 2.33. The summed E-state index contributed by atoms with van der Waals surface area (Å²) in [6, 6.07) is 0.315. The van der Waals surface area contributed by atoms with Crippen LogP contribution in [0.1, 0.15) is 12.1 Å². The van der Waals surface area contributed by atoms with Crippen LogP contribution in [0.5, 0.6) is 0 Å². The van der Waals surface area contributed by atoms with Crippen LogP contribution >= 0.6 is 15.9 Å². The normalized spacial score (nSPS) is 23.3. The second-order valence-electron chi connectivity index (χ2n) is 2.92. The molecule has 0 amide bonds. The van der Waals surface area contributed by atoms with Crippen LogP contribution in [0, 0.1) is 0 Å². The Kier molecular flexibility index (Phi) is 1.73. The predicted octanol–water partition coefficient (Wildman–Crippen LogP) is 0.919. The van der Waals surface area contributed by atoms with E-state index in [9.17, 15) is 0 Å². The summed E-state index contributed by atoms with van der Waals surface area (Å²) in [5, 5.41) is 4.20. The Morgan fingerprint density at radius 2 is 2.55 bits per heavy atom. The summed E-state index contributed by atoms with van der Waals surface area (Å²) in [6.07, 6.45) is 3.83. The topological polar surface area (TPSA) is 43.8 Å². The predicted molar refractivity (Wildman–Crippen MR) is 46.2 cm³/mol. The van der Waals surface area contributed by atoms with Gasteiger partial charge < -0.3 is 5.73 Å². The van der Waals surface area contributed by atoms with Crippen molar-refractivity contribution in [2.75, 3.05) is 0 Å². The lowest BCUT2D eigenvalue weighted by atomic mass is 10.1. The molecule has 0 radical (unpaired) electrons. The smallest absolute Gasteiger partial charge is 0.0635 e. The molecule has 0 saturated carbocycles. The molecule has 3 nitrogen and oxygen atoms in total. The van der Waals surface area contributed by atoms with E-state index in [1.807, 2.05) is 10.9 Å². The molecule has 1 atom stereocenters. The molecule has 11 heavy (non-hydrogen) atoms. The lowest BCUT2D eigenvalue weighted by molar-refractivity contribution is 0.438. The van der Waals surface area contributed by atoms with E-state index < -0.39 is 0 Å². The first-order chi connectivity index (χ1) is 5.27. The van der Waals surface area contributed by atoms with Crippen LogP contribution in [-0.2, 0) is 13.0 Å². The molecular formula is C7H10BrN3. The average molecular weight is 216 g/mol. The van der Waals surface area contributed by atoms with Crippen LogP contribution < -0.4 is 5.73 Å². The zero-order chi connectivity index (χ0) is 7.84. The molecule has 60 valence electrons. The molecule has 2 heterocycles. The van der Waals surface area contributed by atoms with Crippen molar-refractivity contribution < 1.29 is 0 Å². The number of fused-ring (bicyclic) bond motifs is 1. The van der Waals surface area contributed by atoms with Gasteiger partial charge in [0.1, 0.15) is 0 Å². The minimum atomic E-state index is 0.315. The van der Waals surface area contributed by atoms with Crippen LogP contribution in [0.25, 0.3) is 0 Å². The van der Waals surface area contributed by atoms with E-state index in [1.165, 1.54) is 5.69 Å². The van der Waals surface area contributed by atoms with E-state index in [-0.39, 0.29) is 0 Å². The molecule has 1 aromatic heterocycles. The Hall–Kier alpha value is -0.350. The van der Waals surface area contributed by atoms with Crippen molar-refractivity contribution in [2.45, 2.75) is 25.4 Å². The van der Waals surface area contributed by atoms with Crippen LogP contribution in [0.2, 0.25) is 0 Å². The quantitative estimate of drug-likeness (QED) is 0.700. The van der Waals surface area contributed by atoms with Crippen molar-refractivity contribution in [1.29, 1.82) is 0 Å². The summed E-state index contributed by atoms with van der Waals surface area (Å²) in [5.41, 5.74) is 7.06. The van der Waals surface area contributed by atoms with Gasteiger partial charge in [0, 0.05) is 19.0 Å². The van der Waals surface area contributed by atoms with Crippen molar-refractivity contribution in [1.82, 2.24) is 9.78 Å². The summed E-state index contributed by atoms with van der Waals surface area (Å²) < 4.78 is 3.11. The third-order valence-electron chi connectivity index (χ3n) is 2.06. The monoisotopic (exact) mass is 215 g/mol. The van der Waals surface area contributed by atoms with Gasteiger partial charge in [-0.05, 0) is 22.4 Å². The van der Waals surface area contributed by atoms with E-state index in [4.69, 9.17) is 5.73 Å². The lowest BCUT2D eigenvalue weighted by Gasteiger charge is -2.19. The number of nitrogens with two attached hydrogens (primary N) is 1. The van der Waals surface area contributed by atoms with Crippen molar-refractivity contribution in [3.05, 3.63) is 16.4 Å². The summed E-state index contributed by atoms with van der Waals surface area (Å²) in [5.74, 6) is 0. The second kappa shape index (κ2) is 2.60. The lowest BCUT2D eigenvalue weighted by Crippen LogP contribution is -2.31. The highest BCUT2D eigenvalue weighted by Crippen LogP contribution is 2.21. The highest BCUT2D eigenvalue weighted by atomic mass is 79.9. The molecule has 0 aliphatic carbocycles. The minimum Gasteiger partial charge on any atom is -0.327 e. The molecule has 4 heteroatoms. The minimum absolute atomic E-state index is 0.315. The molecule has 2 rings (SSSR count). The maximum atomic E-state index is 5.82. The molecule has 0 aromatic carbocycles. The van der Waals surface area contributed by atoms with E-state index in [0.29, 0.717) is 6.04 Å². The van der Waals surface area contributed by atoms with Crippen molar-refractivity contribution >= 4 is 15.9 Å². The van der Waals surface area contributed by atoms with Gasteiger partial charge in [-0.25, -0.2) is 0 Å². The molecule has 0 saturated heterocycles. The van der Waals surface area contributed by atoms with Crippen LogP contribution in [0.15, 0.2) is 10.7 Å². The SMILES string of the molecule is NC1CCn2ncc(Br)c2C1. The third-order valence-corrected chi connectivity index (χ3v) is 2.73. The van der Waals surface area contributed by atoms with E-state index >= 15 is 0 Å². The number of halogens is 1.